The molecule has 0 saturated carbocycles. The topological polar surface area (TPSA) is 68.1 Å². The van der Waals surface area contributed by atoms with Gasteiger partial charge in [-0.1, -0.05) is 17.7 Å². The lowest BCUT2D eigenvalue weighted by Gasteiger charge is -2.05. The second kappa shape index (κ2) is 7.97. The largest absolute Gasteiger partial charge is 0.497 e. The van der Waals surface area contributed by atoms with Crippen LogP contribution in [0, 0.1) is 6.92 Å². The van der Waals surface area contributed by atoms with Gasteiger partial charge in [0.2, 0.25) is 0 Å². The van der Waals surface area contributed by atoms with Crippen LogP contribution in [0.5, 0.6) is 5.75 Å². The van der Waals surface area contributed by atoms with Crippen molar-refractivity contribution in [1.82, 2.24) is 0 Å². The van der Waals surface area contributed by atoms with Crippen molar-refractivity contribution in [1.29, 1.82) is 0 Å². The summed E-state index contributed by atoms with van der Waals surface area (Å²) in [6, 6.07) is 13.5. The van der Waals surface area contributed by atoms with Crippen molar-refractivity contribution in [3.05, 3.63) is 59.7 Å². The summed E-state index contributed by atoms with van der Waals surface area (Å²) in [5, 5.41) is 2.23. The summed E-state index contributed by atoms with van der Waals surface area (Å²) in [6.45, 7) is 1.89. The molecule has 0 bridgehead atoms. The first kappa shape index (κ1) is 18.0. The van der Waals surface area contributed by atoms with Crippen molar-refractivity contribution >= 4 is 33.1 Å². The molecule has 2 aromatic carbocycles. The van der Waals surface area contributed by atoms with Crippen LogP contribution in [0.25, 0.3) is 0 Å². The van der Waals surface area contributed by atoms with E-state index >= 15 is 0 Å². The van der Waals surface area contributed by atoms with Gasteiger partial charge in [-0.2, -0.15) is 4.99 Å². The first-order chi connectivity index (χ1) is 11.5. The van der Waals surface area contributed by atoms with Crippen molar-refractivity contribution in [2.75, 3.05) is 13.0 Å². The van der Waals surface area contributed by atoms with Gasteiger partial charge >= 0.3 is 0 Å². The van der Waals surface area contributed by atoms with Crippen LogP contribution in [0.2, 0.25) is 0 Å². The van der Waals surface area contributed by atoms with Gasteiger partial charge in [0, 0.05) is 5.56 Å². The lowest BCUT2D eigenvalue weighted by Crippen LogP contribution is -2.08. The van der Waals surface area contributed by atoms with Gasteiger partial charge < -0.3 is 4.74 Å². The number of methoxy groups -OCH3 is 1. The number of hydrogen-bond acceptors (Lipinski definition) is 5. The molecule has 0 N–H and O–H groups in total. The SMILES string of the molecule is COc1ccc(/C(N=C=S)=N/CS(=O)(=O)c2ccc(C)cc2)cc1. The Morgan fingerprint density at radius 1 is 1.12 bits per heavy atom. The molecule has 0 aliphatic carbocycles. The Labute approximate surface area is 146 Å². The highest BCUT2D eigenvalue weighted by atomic mass is 32.2. The molecular weight excluding hydrogens is 344 g/mol. The minimum Gasteiger partial charge on any atom is -0.497 e. The van der Waals surface area contributed by atoms with Crippen molar-refractivity contribution in [3.8, 4) is 5.75 Å². The molecule has 7 heteroatoms. The van der Waals surface area contributed by atoms with Gasteiger partial charge in [-0.25, -0.2) is 13.4 Å². The molecule has 2 aromatic rings. The molecule has 0 aromatic heterocycles. The van der Waals surface area contributed by atoms with Gasteiger partial charge in [0.05, 0.1) is 17.2 Å². The molecular formula is C17H16N2O3S2. The van der Waals surface area contributed by atoms with E-state index in [4.69, 9.17) is 4.74 Å². The van der Waals surface area contributed by atoms with Gasteiger partial charge in [-0.05, 0) is 55.5 Å². The van der Waals surface area contributed by atoms with Gasteiger partial charge in [0.25, 0.3) is 0 Å². The minimum atomic E-state index is -3.55. The van der Waals surface area contributed by atoms with Crippen LogP contribution < -0.4 is 4.74 Å². The fourth-order valence-electron chi connectivity index (χ4n) is 1.94. The monoisotopic (exact) mass is 360 g/mol. The Balaban J connectivity index is 2.30. The summed E-state index contributed by atoms with van der Waals surface area (Å²) in [5.74, 6) is 0.470. The van der Waals surface area contributed by atoms with Crippen molar-refractivity contribution < 1.29 is 13.2 Å². The summed E-state index contributed by atoms with van der Waals surface area (Å²) in [5.41, 5.74) is 1.62. The summed E-state index contributed by atoms with van der Waals surface area (Å²) in [4.78, 5) is 8.19. The summed E-state index contributed by atoms with van der Waals surface area (Å²) >= 11 is 4.62. The molecule has 5 nitrogen and oxygen atoms in total. The molecule has 0 spiro atoms. The van der Waals surface area contributed by atoms with Crippen molar-refractivity contribution in [2.45, 2.75) is 11.8 Å². The van der Waals surface area contributed by atoms with Crippen LogP contribution in [0.15, 0.2) is 63.4 Å². The Hall–Kier alpha value is -2.34. The third-order valence-electron chi connectivity index (χ3n) is 3.26. The van der Waals surface area contributed by atoms with Crippen LogP contribution >= 0.6 is 12.2 Å². The number of hydrogen-bond donors (Lipinski definition) is 0. The van der Waals surface area contributed by atoms with Crippen molar-refractivity contribution in [3.63, 3.8) is 0 Å². The number of sulfone groups is 1. The highest BCUT2D eigenvalue weighted by Crippen LogP contribution is 2.15. The zero-order valence-corrected chi connectivity index (χ0v) is 14.9. The quantitative estimate of drug-likeness (QED) is 0.466. The third-order valence-corrected chi connectivity index (χ3v) is 4.81. The maximum atomic E-state index is 12.4. The number of rotatable bonds is 5. The normalized spacial score (nSPS) is 11.7. The van der Waals surface area contributed by atoms with E-state index in [-0.39, 0.29) is 10.7 Å². The van der Waals surface area contributed by atoms with E-state index in [1.165, 1.54) is 0 Å². The van der Waals surface area contributed by atoms with E-state index in [9.17, 15) is 8.42 Å². The number of aryl methyl sites for hydroxylation is 1. The van der Waals surface area contributed by atoms with Gasteiger partial charge in [0.15, 0.2) is 15.7 Å². The van der Waals surface area contributed by atoms with E-state index in [1.807, 2.05) is 6.92 Å². The van der Waals surface area contributed by atoms with Crippen LogP contribution in [-0.4, -0.2) is 32.4 Å². The standard InChI is InChI=1S/C17H16N2O3S2/c1-13-3-9-16(10-4-13)24(20,21)12-19-17(18-11-23)14-5-7-15(22-2)8-6-14/h3-10H,12H2,1-2H3/b19-17-. The molecule has 0 fully saturated rings. The number of aliphatic imine (C=N–C) groups is 2. The zero-order valence-electron chi connectivity index (χ0n) is 13.3. The number of ether oxygens (including phenoxy) is 1. The van der Waals surface area contributed by atoms with Gasteiger partial charge in [0.1, 0.15) is 11.6 Å². The number of nitrogens with zero attached hydrogens (tertiary/aromatic N) is 2. The Morgan fingerprint density at radius 2 is 1.75 bits per heavy atom. The molecule has 0 unspecified atom stereocenters. The lowest BCUT2D eigenvalue weighted by molar-refractivity contribution is 0.415. The van der Waals surface area contributed by atoms with Gasteiger partial charge in [-0.3, -0.25) is 0 Å². The molecule has 0 aliphatic rings. The first-order valence-corrected chi connectivity index (χ1v) is 9.08. The predicted octanol–water partition coefficient (Wildman–Crippen LogP) is 3.28. The summed E-state index contributed by atoms with van der Waals surface area (Å²) < 4.78 is 29.8. The molecule has 0 atom stereocenters. The predicted molar refractivity (Wildman–Crippen MR) is 97.8 cm³/mol. The summed E-state index contributed by atoms with van der Waals surface area (Å²) in [7, 11) is -1.98. The number of thiocarbonyl (C=S) groups is 1. The first-order valence-electron chi connectivity index (χ1n) is 7.02. The Morgan fingerprint density at radius 3 is 2.29 bits per heavy atom. The third kappa shape index (κ3) is 4.58. The maximum Gasteiger partial charge on any atom is 0.198 e. The maximum absolute atomic E-state index is 12.4. The van der Waals surface area contributed by atoms with E-state index < -0.39 is 15.7 Å². The number of isothiocyanates is 1. The smallest absolute Gasteiger partial charge is 0.198 e. The van der Waals surface area contributed by atoms with Crippen LogP contribution in [0.4, 0.5) is 0 Å². The molecule has 0 aliphatic heterocycles. The van der Waals surface area contributed by atoms with E-state index in [1.54, 1.807) is 55.6 Å². The average Bonchev–Trinajstić information content (AvgIpc) is 2.59. The van der Waals surface area contributed by atoms with Crippen LogP contribution in [0.3, 0.4) is 0 Å². The molecule has 24 heavy (non-hydrogen) atoms. The van der Waals surface area contributed by atoms with Crippen molar-refractivity contribution in [2.24, 2.45) is 9.98 Å². The highest BCUT2D eigenvalue weighted by Gasteiger charge is 2.14. The molecule has 0 amide bonds. The lowest BCUT2D eigenvalue weighted by atomic mass is 10.2. The summed E-state index contributed by atoms with van der Waals surface area (Å²) in [6.07, 6.45) is 0. The second-order valence-electron chi connectivity index (χ2n) is 4.97. The minimum absolute atomic E-state index is 0.211. The zero-order chi connectivity index (χ0) is 17.6. The second-order valence-corrected chi connectivity index (χ2v) is 7.11. The Kier molecular flexibility index (Phi) is 5.98. The van der Waals surface area contributed by atoms with E-state index in [2.05, 4.69) is 27.4 Å². The molecule has 0 heterocycles. The van der Waals surface area contributed by atoms with E-state index in [0.717, 1.165) is 5.56 Å². The van der Waals surface area contributed by atoms with Crippen LogP contribution in [-0.2, 0) is 9.84 Å². The fraction of sp³-hybridized carbons (Fsp3) is 0.176. The van der Waals surface area contributed by atoms with E-state index in [0.29, 0.717) is 11.3 Å². The van der Waals surface area contributed by atoms with Gasteiger partial charge in [-0.15, -0.1) is 0 Å². The van der Waals surface area contributed by atoms with Crippen LogP contribution in [0.1, 0.15) is 11.1 Å². The number of benzene rings is 2. The fourth-order valence-corrected chi connectivity index (χ4v) is 3.02. The molecule has 0 radical (unpaired) electrons. The molecule has 2 rings (SSSR count). The molecule has 0 saturated heterocycles. The number of amidine groups is 1. The highest BCUT2D eigenvalue weighted by molar-refractivity contribution is 7.91. The Bertz CT molecular complexity index is 880. The average molecular weight is 360 g/mol. The molecule has 124 valence electrons.